The lowest BCUT2D eigenvalue weighted by molar-refractivity contribution is -0.149. The second-order valence-corrected chi connectivity index (χ2v) is 8.19. The van der Waals surface area contributed by atoms with E-state index in [0.29, 0.717) is 37.1 Å². The standard InChI is InChI=1S/C24H28N4O5/c25-22(26)16-3-5-17(6-4-16)23(31)28-19(13-14-1-7-18(29)8-2-14)21(30)20(24(32)33)15-9-11-27-12-10-15/h1-8,15,19-20,27,29H,9-13H2,(H3,25,26)(H,28,31)(H,32,33)/t19-,20?/m0/s1. The van der Waals surface area contributed by atoms with Crippen molar-refractivity contribution in [2.75, 3.05) is 13.1 Å². The molecule has 1 heterocycles. The molecule has 3 rings (SSSR count). The molecule has 1 fully saturated rings. The first kappa shape index (κ1) is 23.9. The van der Waals surface area contributed by atoms with Crippen molar-refractivity contribution in [2.24, 2.45) is 17.6 Å². The van der Waals surface area contributed by atoms with Gasteiger partial charge < -0.3 is 26.6 Å². The van der Waals surface area contributed by atoms with Crippen molar-refractivity contribution in [3.8, 4) is 5.75 Å². The van der Waals surface area contributed by atoms with Gasteiger partial charge >= 0.3 is 5.97 Å². The lowest BCUT2D eigenvalue weighted by Gasteiger charge is -2.30. The topological polar surface area (TPSA) is 166 Å². The largest absolute Gasteiger partial charge is 0.508 e. The molecule has 9 heteroatoms. The van der Waals surface area contributed by atoms with E-state index in [1.54, 1.807) is 12.1 Å². The number of hydrogen-bond donors (Lipinski definition) is 6. The number of amidine groups is 1. The maximum atomic E-state index is 13.5. The van der Waals surface area contributed by atoms with Gasteiger partial charge in [-0.1, -0.05) is 24.3 Å². The summed E-state index contributed by atoms with van der Waals surface area (Å²) in [4.78, 5) is 38.4. The number of carbonyl (C=O) groups excluding carboxylic acids is 2. The van der Waals surface area contributed by atoms with Gasteiger partial charge in [0.25, 0.3) is 5.91 Å². The molecular formula is C24H28N4O5. The second kappa shape index (κ2) is 10.7. The number of amides is 1. The average Bonchev–Trinajstić information content (AvgIpc) is 2.80. The number of rotatable bonds is 9. The van der Waals surface area contributed by atoms with Gasteiger partial charge in [-0.25, -0.2) is 0 Å². The van der Waals surface area contributed by atoms with Gasteiger partial charge in [-0.2, -0.15) is 0 Å². The first-order chi connectivity index (χ1) is 15.8. The molecule has 2 aromatic rings. The van der Waals surface area contributed by atoms with Crippen LogP contribution in [-0.4, -0.2) is 52.8 Å². The summed E-state index contributed by atoms with van der Waals surface area (Å²) in [6, 6.07) is 11.2. The number of ketones is 1. The molecule has 1 aliphatic rings. The summed E-state index contributed by atoms with van der Waals surface area (Å²) >= 11 is 0. The summed E-state index contributed by atoms with van der Waals surface area (Å²) < 4.78 is 0. The molecule has 174 valence electrons. The van der Waals surface area contributed by atoms with E-state index in [0.717, 1.165) is 0 Å². The van der Waals surface area contributed by atoms with Gasteiger partial charge in [0, 0.05) is 11.1 Å². The molecular weight excluding hydrogens is 424 g/mol. The molecule has 2 atom stereocenters. The van der Waals surface area contributed by atoms with E-state index >= 15 is 0 Å². The van der Waals surface area contributed by atoms with Gasteiger partial charge in [-0.3, -0.25) is 19.8 Å². The minimum atomic E-state index is -1.23. The number of nitrogen functional groups attached to an aromatic ring is 1. The van der Waals surface area contributed by atoms with E-state index in [1.165, 1.54) is 36.4 Å². The van der Waals surface area contributed by atoms with Crippen molar-refractivity contribution in [3.63, 3.8) is 0 Å². The molecule has 33 heavy (non-hydrogen) atoms. The van der Waals surface area contributed by atoms with Crippen LogP contribution in [0.15, 0.2) is 48.5 Å². The minimum absolute atomic E-state index is 0.0642. The summed E-state index contributed by atoms with van der Waals surface area (Å²) in [5, 5.41) is 32.7. The lowest BCUT2D eigenvalue weighted by atomic mass is 9.79. The Balaban J connectivity index is 1.86. The number of nitrogens with two attached hydrogens (primary N) is 1. The van der Waals surface area contributed by atoms with Crippen LogP contribution in [0.2, 0.25) is 0 Å². The molecule has 1 amide bonds. The monoisotopic (exact) mass is 452 g/mol. The van der Waals surface area contributed by atoms with Crippen molar-refractivity contribution in [1.29, 1.82) is 5.41 Å². The van der Waals surface area contributed by atoms with Crippen LogP contribution >= 0.6 is 0 Å². The van der Waals surface area contributed by atoms with E-state index in [4.69, 9.17) is 11.1 Å². The van der Waals surface area contributed by atoms with Crippen LogP contribution in [0.1, 0.15) is 34.3 Å². The number of carbonyl (C=O) groups is 3. The third kappa shape index (κ3) is 6.17. The van der Waals surface area contributed by atoms with E-state index in [1.807, 2.05) is 0 Å². The predicted octanol–water partition coefficient (Wildman–Crippen LogP) is 1.29. The van der Waals surface area contributed by atoms with Crippen molar-refractivity contribution < 1.29 is 24.6 Å². The van der Waals surface area contributed by atoms with E-state index in [-0.39, 0.29) is 29.5 Å². The van der Waals surface area contributed by atoms with Crippen molar-refractivity contribution in [1.82, 2.24) is 10.6 Å². The van der Waals surface area contributed by atoms with Crippen molar-refractivity contribution in [2.45, 2.75) is 25.3 Å². The number of aliphatic carboxylic acids is 1. The number of benzene rings is 2. The Morgan fingerprint density at radius 2 is 1.61 bits per heavy atom. The molecule has 0 bridgehead atoms. The highest BCUT2D eigenvalue weighted by atomic mass is 16.4. The number of carboxylic acids is 1. The molecule has 7 N–H and O–H groups in total. The smallest absolute Gasteiger partial charge is 0.314 e. The quantitative estimate of drug-likeness (QED) is 0.189. The molecule has 0 radical (unpaired) electrons. The molecule has 0 aliphatic carbocycles. The third-order valence-electron chi connectivity index (χ3n) is 5.91. The van der Waals surface area contributed by atoms with E-state index in [9.17, 15) is 24.6 Å². The Hall–Kier alpha value is -3.72. The van der Waals surface area contributed by atoms with Gasteiger partial charge in [0.2, 0.25) is 0 Å². The second-order valence-electron chi connectivity index (χ2n) is 8.19. The van der Waals surface area contributed by atoms with Crippen molar-refractivity contribution in [3.05, 3.63) is 65.2 Å². The highest BCUT2D eigenvalue weighted by Gasteiger charge is 2.39. The molecule has 1 saturated heterocycles. The Bertz CT molecular complexity index is 1010. The Labute approximate surface area is 191 Å². The first-order valence-corrected chi connectivity index (χ1v) is 10.8. The van der Waals surface area contributed by atoms with Gasteiger partial charge in [0.05, 0.1) is 6.04 Å². The van der Waals surface area contributed by atoms with Gasteiger partial charge in [-0.05, 0) is 68.1 Å². The van der Waals surface area contributed by atoms with E-state index < -0.39 is 29.6 Å². The summed E-state index contributed by atoms with van der Waals surface area (Å²) in [6.45, 7) is 1.28. The number of aromatic hydroxyl groups is 1. The SMILES string of the molecule is N=C(N)c1ccc(C(=O)N[C@@H](Cc2ccc(O)cc2)C(=O)C(C(=O)O)C2CCNCC2)cc1. The number of phenolic OH excluding ortho intramolecular Hbond substituents is 1. The fraction of sp³-hybridized carbons (Fsp3) is 0.333. The summed E-state index contributed by atoms with van der Waals surface area (Å²) in [5.41, 5.74) is 6.84. The number of hydrogen-bond acceptors (Lipinski definition) is 6. The molecule has 1 unspecified atom stereocenters. The fourth-order valence-corrected chi connectivity index (χ4v) is 4.08. The number of piperidine rings is 1. The normalized spacial score (nSPS) is 15.9. The average molecular weight is 453 g/mol. The van der Waals surface area contributed by atoms with Crippen LogP contribution in [0.3, 0.4) is 0 Å². The predicted molar refractivity (Wildman–Crippen MR) is 122 cm³/mol. The van der Waals surface area contributed by atoms with Crippen LogP contribution in [0.5, 0.6) is 5.75 Å². The van der Waals surface area contributed by atoms with Crippen molar-refractivity contribution >= 4 is 23.5 Å². The number of carboxylic acid groups (broad SMARTS) is 1. The maximum Gasteiger partial charge on any atom is 0.314 e. The highest BCUT2D eigenvalue weighted by Crippen LogP contribution is 2.25. The number of nitrogens with one attached hydrogen (secondary N) is 3. The van der Waals surface area contributed by atoms with Crippen LogP contribution in [0.25, 0.3) is 0 Å². The number of Topliss-reactive ketones (excluding diaryl/α,β-unsaturated/α-hetero) is 1. The summed E-state index contributed by atoms with van der Waals surface area (Å²) in [5.74, 6) is -3.88. The molecule has 0 spiro atoms. The molecule has 9 nitrogen and oxygen atoms in total. The molecule has 0 saturated carbocycles. The summed E-state index contributed by atoms with van der Waals surface area (Å²) in [7, 11) is 0. The van der Waals surface area contributed by atoms with Gasteiger partial charge in [-0.15, -0.1) is 0 Å². The zero-order valence-corrected chi connectivity index (χ0v) is 18.1. The Kier molecular flexibility index (Phi) is 7.78. The maximum absolute atomic E-state index is 13.5. The fourth-order valence-electron chi connectivity index (χ4n) is 4.08. The molecule has 2 aromatic carbocycles. The lowest BCUT2D eigenvalue weighted by Crippen LogP contribution is -2.49. The zero-order chi connectivity index (χ0) is 24.0. The Morgan fingerprint density at radius 3 is 2.15 bits per heavy atom. The van der Waals surface area contributed by atoms with Gasteiger partial charge in [0.15, 0.2) is 5.78 Å². The van der Waals surface area contributed by atoms with Crippen LogP contribution < -0.4 is 16.4 Å². The van der Waals surface area contributed by atoms with Crippen LogP contribution in [-0.2, 0) is 16.0 Å². The van der Waals surface area contributed by atoms with Crippen LogP contribution in [0, 0.1) is 17.2 Å². The zero-order valence-electron chi connectivity index (χ0n) is 18.1. The summed E-state index contributed by atoms with van der Waals surface area (Å²) in [6.07, 6.45) is 1.22. The first-order valence-electron chi connectivity index (χ1n) is 10.8. The van der Waals surface area contributed by atoms with Gasteiger partial charge in [0.1, 0.15) is 17.5 Å². The minimum Gasteiger partial charge on any atom is -0.508 e. The highest BCUT2D eigenvalue weighted by molar-refractivity contribution is 6.05. The van der Waals surface area contributed by atoms with Crippen LogP contribution in [0.4, 0.5) is 0 Å². The number of phenols is 1. The van der Waals surface area contributed by atoms with E-state index in [2.05, 4.69) is 10.6 Å². The molecule has 0 aromatic heterocycles. The third-order valence-corrected chi connectivity index (χ3v) is 5.91. The Morgan fingerprint density at radius 1 is 1.03 bits per heavy atom. The molecule has 1 aliphatic heterocycles.